The van der Waals surface area contributed by atoms with Gasteiger partial charge in [-0.2, -0.15) is 5.26 Å². The van der Waals surface area contributed by atoms with Crippen molar-refractivity contribution >= 4 is 17.7 Å². The standard InChI is InChI=1S/C18H22N6OS/c1-5-9-24-16(14-7-6-8-20-10-14)22-23-17(24)26-11-15(25)21-18(4,12-19)13(2)3/h5-8,10,13H,1,9,11H2,2-4H3,(H,21,25). The number of nitriles is 1. The third-order valence-electron chi connectivity index (χ3n) is 4.07. The number of carbonyl (C=O) groups is 1. The predicted octanol–water partition coefficient (Wildman–Crippen LogP) is 2.67. The second-order valence-corrected chi connectivity index (χ2v) is 7.20. The summed E-state index contributed by atoms with van der Waals surface area (Å²) in [6.45, 7) is 9.81. The first-order chi connectivity index (χ1) is 12.4. The van der Waals surface area contributed by atoms with Crippen LogP contribution in [0.4, 0.5) is 0 Å². The summed E-state index contributed by atoms with van der Waals surface area (Å²) >= 11 is 1.27. The van der Waals surface area contributed by atoms with Crippen molar-refractivity contribution in [2.75, 3.05) is 5.75 Å². The van der Waals surface area contributed by atoms with Crippen LogP contribution in [0.5, 0.6) is 0 Å². The van der Waals surface area contributed by atoms with Crippen LogP contribution in [0, 0.1) is 17.2 Å². The van der Waals surface area contributed by atoms with Gasteiger partial charge in [0.2, 0.25) is 5.91 Å². The minimum absolute atomic E-state index is 0.00283. The van der Waals surface area contributed by atoms with E-state index in [0.717, 1.165) is 5.56 Å². The fourth-order valence-electron chi connectivity index (χ4n) is 2.15. The Hall–Kier alpha value is -2.66. The first-order valence-electron chi connectivity index (χ1n) is 8.21. The minimum Gasteiger partial charge on any atom is -0.337 e. The van der Waals surface area contributed by atoms with Crippen LogP contribution in [-0.2, 0) is 11.3 Å². The molecule has 26 heavy (non-hydrogen) atoms. The normalized spacial score (nSPS) is 13.0. The molecule has 0 fully saturated rings. The monoisotopic (exact) mass is 370 g/mol. The van der Waals surface area contributed by atoms with Crippen molar-refractivity contribution < 1.29 is 4.79 Å². The van der Waals surface area contributed by atoms with Crippen molar-refractivity contribution in [2.45, 2.75) is 38.0 Å². The number of allylic oxidation sites excluding steroid dienone is 1. The van der Waals surface area contributed by atoms with E-state index in [1.54, 1.807) is 25.4 Å². The summed E-state index contributed by atoms with van der Waals surface area (Å²) < 4.78 is 1.88. The third-order valence-corrected chi connectivity index (χ3v) is 5.03. The molecular weight excluding hydrogens is 348 g/mol. The van der Waals surface area contributed by atoms with Crippen LogP contribution in [0.25, 0.3) is 11.4 Å². The number of carbonyl (C=O) groups excluding carboxylic acids is 1. The van der Waals surface area contributed by atoms with Gasteiger partial charge in [0.15, 0.2) is 11.0 Å². The first-order valence-corrected chi connectivity index (χ1v) is 9.19. The van der Waals surface area contributed by atoms with Crippen LogP contribution in [-0.4, -0.2) is 36.9 Å². The average molecular weight is 370 g/mol. The van der Waals surface area contributed by atoms with Crippen LogP contribution in [0.1, 0.15) is 20.8 Å². The fraction of sp³-hybridized carbons (Fsp3) is 0.389. The topological polar surface area (TPSA) is 96.5 Å². The molecule has 0 saturated carbocycles. The van der Waals surface area contributed by atoms with Gasteiger partial charge in [-0.25, -0.2) is 0 Å². The Morgan fingerprint density at radius 2 is 2.31 bits per heavy atom. The number of rotatable bonds is 8. The lowest BCUT2D eigenvalue weighted by molar-refractivity contribution is -0.120. The van der Waals surface area contributed by atoms with Crippen molar-refractivity contribution in [3.05, 3.63) is 37.2 Å². The van der Waals surface area contributed by atoms with Crippen LogP contribution in [0.3, 0.4) is 0 Å². The summed E-state index contributed by atoms with van der Waals surface area (Å²) in [4.78, 5) is 16.4. The molecule has 1 N–H and O–H groups in total. The maximum absolute atomic E-state index is 12.3. The Kier molecular flexibility index (Phi) is 6.52. The Bertz CT molecular complexity index is 811. The van der Waals surface area contributed by atoms with Crippen molar-refractivity contribution in [3.8, 4) is 17.5 Å². The average Bonchev–Trinajstić information content (AvgIpc) is 3.03. The zero-order valence-corrected chi connectivity index (χ0v) is 16.0. The summed E-state index contributed by atoms with van der Waals surface area (Å²) in [5, 5.41) is 21.1. The van der Waals surface area contributed by atoms with Gasteiger partial charge in [-0.05, 0) is 25.0 Å². The molecule has 2 aromatic rings. The number of thioether (sulfide) groups is 1. The molecule has 2 aromatic heterocycles. The number of amides is 1. The Morgan fingerprint density at radius 1 is 1.54 bits per heavy atom. The van der Waals surface area contributed by atoms with Crippen LogP contribution >= 0.6 is 11.8 Å². The zero-order chi connectivity index (χ0) is 19.2. The smallest absolute Gasteiger partial charge is 0.231 e. The van der Waals surface area contributed by atoms with Gasteiger partial charge in [0, 0.05) is 24.5 Å². The maximum atomic E-state index is 12.3. The summed E-state index contributed by atoms with van der Waals surface area (Å²) in [6, 6.07) is 5.90. The highest BCUT2D eigenvalue weighted by molar-refractivity contribution is 7.99. The van der Waals surface area contributed by atoms with Crippen LogP contribution in [0.2, 0.25) is 0 Å². The third kappa shape index (κ3) is 4.49. The van der Waals surface area contributed by atoms with E-state index in [-0.39, 0.29) is 17.6 Å². The predicted molar refractivity (Wildman–Crippen MR) is 101 cm³/mol. The molecular formula is C18H22N6OS. The maximum Gasteiger partial charge on any atom is 0.231 e. The molecule has 0 bridgehead atoms. The fourth-order valence-corrected chi connectivity index (χ4v) is 2.90. The SMILES string of the molecule is C=CCn1c(SCC(=O)NC(C)(C#N)C(C)C)nnc1-c1cccnc1. The lowest BCUT2D eigenvalue weighted by Crippen LogP contribution is -2.49. The molecule has 0 aromatic carbocycles. The number of nitrogens with one attached hydrogen (secondary N) is 1. The number of nitrogens with zero attached hydrogens (tertiary/aromatic N) is 5. The highest BCUT2D eigenvalue weighted by Crippen LogP contribution is 2.24. The molecule has 136 valence electrons. The van der Waals surface area contributed by atoms with Gasteiger partial charge in [0.25, 0.3) is 0 Å². The number of hydrogen-bond donors (Lipinski definition) is 1. The number of hydrogen-bond acceptors (Lipinski definition) is 6. The first kappa shape index (κ1) is 19.7. The minimum atomic E-state index is -0.896. The van der Waals surface area contributed by atoms with E-state index in [2.05, 4.69) is 33.1 Å². The second kappa shape index (κ2) is 8.63. The molecule has 0 aliphatic carbocycles. The van der Waals surface area contributed by atoms with Gasteiger partial charge in [0.05, 0.1) is 11.8 Å². The van der Waals surface area contributed by atoms with Gasteiger partial charge >= 0.3 is 0 Å². The van der Waals surface area contributed by atoms with E-state index in [9.17, 15) is 10.1 Å². The zero-order valence-electron chi connectivity index (χ0n) is 15.1. The van der Waals surface area contributed by atoms with Gasteiger partial charge < -0.3 is 5.32 Å². The van der Waals surface area contributed by atoms with E-state index in [0.29, 0.717) is 17.5 Å². The molecule has 7 nitrogen and oxygen atoms in total. The molecule has 1 unspecified atom stereocenters. The highest BCUT2D eigenvalue weighted by atomic mass is 32.2. The molecule has 0 spiro atoms. The van der Waals surface area contributed by atoms with Crippen LogP contribution in [0.15, 0.2) is 42.3 Å². The van der Waals surface area contributed by atoms with Gasteiger partial charge in [-0.1, -0.05) is 31.7 Å². The summed E-state index contributed by atoms with van der Waals surface area (Å²) in [5.74, 6) is 0.601. The van der Waals surface area contributed by atoms with E-state index >= 15 is 0 Å². The molecule has 0 radical (unpaired) electrons. The molecule has 0 saturated heterocycles. The van der Waals surface area contributed by atoms with Crippen LogP contribution < -0.4 is 5.32 Å². The Morgan fingerprint density at radius 3 is 2.88 bits per heavy atom. The second-order valence-electron chi connectivity index (χ2n) is 6.25. The highest BCUT2D eigenvalue weighted by Gasteiger charge is 2.30. The van der Waals surface area contributed by atoms with E-state index in [1.165, 1.54) is 11.8 Å². The van der Waals surface area contributed by atoms with E-state index in [1.807, 2.05) is 30.5 Å². The molecule has 1 atom stereocenters. The van der Waals surface area contributed by atoms with Crippen molar-refractivity contribution in [3.63, 3.8) is 0 Å². The molecule has 0 aliphatic rings. The quantitative estimate of drug-likeness (QED) is 0.567. The molecule has 2 rings (SSSR count). The van der Waals surface area contributed by atoms with E-state index < -0.39 is 5.54 Å². The Balaban J connectivity index is 2.13. The van der Waals surface area contributed by atoms with Crippen molar-refractivity contribution in [1.82, 2.24) is 25.1 Å². The van der Waals surface area contributed by atoms with Crippen molar-refractivity contribution in [2.24, 2.45) is 5.92 Å². The number of aromatic nitrogens is 4. The molecule has 0 aliphatic heterocycles. The molecule has 8 heteroatoms. The van der Waals surface area contributed by atoms with Crippen molar-refractivity contribution in [1.29, 1.82) is 5.26 Å². The Labute approximate surface area is 157 Å². The summed E-state index contributed by atoms with van der Waals surface area (Å²) in [5.41, 5.74) is -0.0529. The summed E-state index contributed by atoms with van der Waals surface area (Å²) in [6.07, 6.45) is 5.16. The molecule has 1 amide bonds. The molecule has 2 heterocycles. The van der Waals surface area contributed by atoms with E-state index in [4.69, 9.17) is 0 Å². The van der Waals surface area contributed by atoms with Gasteiger partial charge in [0.1, 0.15) is 5.54 Å². The lowest BCUT2D eigenvalue weighted by Gasteiger charge is -2.27. The summed E-state index contributed by atoms with van der Waals surface area (Å²) in [7, 11) is 0. The van der Waals surface area contributed by atoms with Gasteiger partial charge in [-0.3, -0.25) is 14.3 Å². The largest absolute Gasteiger partial charge is 0.337 e. The number of pyridine rings is 1. The van der Waals surface area contributed by atoms with Gasteiger partial charge in [-0.15, -0.1) is 16.8 Å². The lowest BCUT2D eigenvalue weighted by atomic mass is 9.90.